The van der Waals surface area contributed by atoms with Crippen LogP contribution in [0.25, 0.3) is 0 Å². The predicted molar refractivity (Wildman–Crippen MR) is 78.8 cm³/mol. The molecule has 1 heterocycles. The van der Waals surface area contributed by atoms with Crippen LogP contribution < -0.4 is 10.6 Å². The molecule has 0 bridgehead atoms. The number of carbonyl (C=O) groups excluding carboxylic acids is 1. The van der Waals surface area contributed by atoms with Gasteiger partial charge in [0.1, 0.15) is 4.99 Å². The SMILES string of the molecule is CN(C(=O)c1ccc(Cl)o1)c1cccc(C(N)=S)c1. The lowest BCUT2D eigenvalue weighted by Gasteiger charge is -2.16. The number of benzene rings is 1. The summed E-state index contributed by atoms with van der Waals surface area (Å²) in [6.45, 7) is 0. The number of furan rings is 1. The molecule has 0 unspecified atom stereocenters. The number of anilines is 1. The minimum absolute atomic E-state index is 0.174. The van der Waals surface area contributed by atoms with Gasteiger partial charge in [-0.1, -0.05) is 24.4 Å². The second kappa shape index (κ2) is 5.42. The molecule has 1 aromatic heterocycles. The van der Waals surface area contributed by atoms with Gasteiger partial charge in [-0.2, -0.15) is 0 Å². The van der Waals surface area contributed by atoms with E-state index in [2.05, 4.69) is 0 Å². The van der Waals surface area contributed by atoms with Gasteiger partial charge in [-0.3, -0.25) is 4.79 Å². The number of rotatable bonds is 3. The summed E-state index contributed by atoms with van der Waals surface area (Å²) in [5.41, 5.74) is 6.93. The van der Waals surface area contributed by atoms with E-state index in [-0.39, 0.29) is 21.9 Å². The third-order valence-electron chi connectivity index (χ3n) is 2.61. The summed E-state index contributed by atoms with van der Waals surface area (Å²) in [4.78, 5) is 13.9. The quantitative estimate of drug-likeness (QED) is 0.884. The molecular formula is C13H11ClN2O2S. The summed E-state index contributed by atoms with van der Waals surface area (Å²) < 4.78 is 5.09. The fraction of sp³-hybridized carbons (Fsp3) is 0.0769. The second-order valence-electron chi connectivity index (χ2n) is 3.88. The third-order valence-corrected chi connectivity index (χ3v) is 3.05. The zero-order valence-electron chi connectivity index (χ0n) is 10.1. The molecule has 0 aliphatic heterocycles. The predicted octanol–water partition coefficient (Wildman–Crippen LogP) is 2.84. The standard InChI is InChI=1S/C13H11ClN2O2S/c1-16(13(17)10-5-6-11(14)18-10)9-4-2-3-8(7-9)12(15)19/h2-7H,1H3,(H2,15,19). The Morgan fingerprint density at radius 2 is 2.11 bits per heavy atom. The van der Waals surface area contributed by atoms with Crippen LogP contribution >= 0.6 is 23.8 Å². The zero-order chi connectivity index (χ0) is 14.0. The average Bonchev–Trinajstić information content (AvgIpc) is 2.84. The van der Waals surface area contributed by atoms with Crippen LogP contribution in [-0.2, 0) is 0 Å². The number of hydrogen-bond donors (Lipinski definition) is 1. The number of hydrogen-bond acceptors (Lipinski definition) is 3. The largest absolute Gasteiger partial charge is 0.440 e. The van der Waals surface area contributed by atoms with E-state index >= 15 is 0 Å². The molecule has 2 rings (SSSR count). The molecule has 6 heteroatoms. The first kappa shape index (κ1) is 13.6. The normalized spacial score (nSPS) is 10.2. The van der Waals surface area contributed by atoms with E-state index in [0.29, 0.717) is 11.3 Å². The smallest absolute Gasteiger partial charge is 0.293 e. The molecule has 0 saturated heterocycles. The highest BCUT2D eigenvalue weighted by atomic mass is 35.5. The molecule has 1 amide bonds. The van der Waals surface area contributed by atoms with Crippen molar-refractivity contribution in [3.05, 3.63) is 52.9 Å². The van der Waals surface area contributed by atoms with E-state index in [1.54, 1.807) is 31.3 Å². The molecule has 0 spiro atoms. The van der Waals surface area contributed by atoms with Crippen LogP contribution in [0.15, 0.2) is 40.8 Å². The van der Waals surface area contributed by atoms with Gasteiger partial charge < -0.3 is 15.1 Å². The lowest BCUT2D eigenvalue weighted by molar-refractivity contribution is 0.0966. The summed E-state index contributed by atoms with van der Waals surface area (Å²) in [6.07, 6.45) is 0. The van der Waals surface area contributed by atoms with Crippen molar-refractivity contribution < 1.29 is 9.21 Å². The van der Waals surface area contributed by atoms with Crippen molar-refractivity contribution in [2.45, 2.75) is 0 Å². The average molecular weight is 295 g/mol. The van der Waals surface area contributed by atoms with Crippen LogP contribution in [0.4, 0.5) is 5.69 Å². The van der Waals surface area contributed by atoms with E-state index in [4.69, 9.17) is 34.0 Å². The van der Waals surface area contributed by atoms with Crippen LogP contribution in [0.3, 0.4) is 0 Å². The van der Waals surface area contributed by atoms with Gasteiger partial charge in [0.25, 0.3) is 5.91 Å². The van der Waals surface area contributed by atoms with Gasteiger partial charge in [-0.25, -0.2) is 0 Å². The van der Waals surface area contributed by atoms with Crippen molar-refractivity contribution in [1.29, 1.82) is 0 Å². The van der Waals surface area contributed by atoms with Gasteiger partial charge in [-0.05, 0) is 35.9 Å². The Hall–Kier alpha value is -1.85. The molecule has 0 aliphatic rings. The summed E-state index contributed by atoms with van der Waals surface area (Å²) in [5.74, 6) is -0.125. The molecule has 1 aromatic carbocycles. The lowest BCUT2D eigenvalue weighted by Crippen LogP contribution is -2.26. The van der Waals surface area contributed by atoms with Crippen molar-refractivity contribution in [3.8, 4) is 0 Å². The van der Waals surface area contributed by atoms with E-state index in [1.807, 2.05) is 0 Å². The number of nitrogens with zero attached hydrogens (tertiary/aromatic N) is 1. The first-order chi connectivity index (χ1) is 8.99. The summed E-state index contributed by atoms with van der Waals surface area (Å²) in [5, 5.41) is 0.175. The van der Waals surface area contributed by atoms with Gasteiger partial charge in [0.2, 0.25) is 0 Å². The minimum Gasteiger partial charge on any atom is -0.440 e. The van der Waals surface area contributed by atoms with Gasteiger partial charge in [0.05, 0.1) is 0 Å². The lowest BCUT2D eigenvalue weighted by atomic mass is 10.2. The molecule has 0 saturated carbocycles. The van der Waals surface area contributed by atoms with Gasteiger partial charge in [-0.15, -0.1) is 0 Å². The summed E-state index contributed by atoms with van der Waals surface area (Å²) in [7, 11) is 1.64. The molecule has 0 atom stereocenters. The van der Waals surface area contributed by atoms with Crippen molar-refractivity contribution in [1.82, 2.24) is 0 Å². The molecule has 0 radical (unpaired) electrons. The highest BCUT2D eigenvalue weighted by Crippen LogP contribution is 2.20. The Morgan fingerprint density at radius 3 is 2.68 bits per heavy atom. The molecule has 2 aromatic rings. The Labute approximate surface area is 120 Å². The highest BCUT2D eigenvalue weighted by molar-refractivity contribution is 7.80. The van der Waals surface area contributed by atoms with Crippen LogP contribution in [0.1, 0.15) is 16.1 Å². The molecular weight excluding hydrogens is 284 g/mol. The van der Waals surface area contributed by atoms with Crippen molar-refractivity contribution in [3.63, 3.8) is 0 Å². The van der Waals surface area contributed by atoms with E-state index in [1.165, 1.54) is 17.0 Å². The molecule has 0 fully saturated rings. The van der Waals surface area contributed by atoms with Gasteiger partial charge in [0.15, 0.2) is 11.0 Å². The third kappa shape index (κ3) is 2.94. The topological polar surface area (TPSA) is 59.5 Å². The summed E-state index contributed by atoms with van der Waals surface area (Å²) >= 11 is 10.6. The molecule has 19 heavy (non-hydrogen) atoms. The Morgan fingerprint density at radius 1 is 1.37 bits per heavy atom. The number of amides is 1. The number of thiocarbonyl (C=S) groups is 1. The number of carbonyl (C=O) groups is 1. The maximum atomic E-state index is 12.1. The number of nitrogens with two attached hydrogens (primary N) is 1. The van der Waals surface area contributed by atoms with E-state index in [0.717, 1.165) is 0 Å². The van der Waals surface area contributed by atoms with Crippen molar-refractivity contribution in [2.24, 2.45) is 5.73 Å². The van der Waals surface area contributed by atoms with Crippen molar-refractivity contribution >= 4 is 40.4 Å². The van der Waals surface area contributed by atoms with Crippen LogP contribution in [0.5, 0.6) is 0 Å². The molecule has 0 aliphatic carbocycles. The van der Waals surface area contributed by atoms with Crippen LogP contribution in [0, 0.1) is 0 Å². The van der Waals surface area contributed by atoms with E-state index < -0.39 is 0 Å². The zero-order valence-corrected chi connectivity index (χ0v) is 11.7. The first-order valence-corrected chi connectivity index (χ1v) is 6.21. The highest BCUT2D eigenvalue weighted by Gasteiger charge is 2.17. The Kier molecular flexibility index (Phi) is 3.87. The first-order valence-electron chi connectivity index (χ1n) is 5.42. The second-order valence-corrected chi connectivity index (χ2v) is 4.69. The van der Waals surface area contributed by atoms with Gasteiger partial charge in [0, 0.05) is 18.3 Å². The Bertz CT molecular complexity index is 639. The summed E-state index contributed by atoms with van der Waals surface area (Å²) in [6, 6.07) is 10.1. The van der Waals surface area contributed by atoms with Crippen molar-refractivity contribution in [2.75, 3.05) is 11.9 Å². The maximum Gasteiger partial charge on any atom is 0.293 e. The fourth-order valence-electron chi connectivity index (χ4n) is 1.58. The molecule has 98 valence electrons. The van der Waals surface area contributed by atoms with E-state index in [9.17, 15) is 4.79 Å². The number of halogens is 1. The molecule has 2 N–H and O–H groups in total. The monoisotopic (exact) mass is 294 g/mol. The van der Waals surface area contributed by atoms with Crippen LogP contribution in [0.2, 0.25) is 5.22 Å². The fourth-order valence-corrected chi connectivity index (χ4v) is 1.85. The van der Waals surface area contributed by atoms with Gasteiger partial charge >= 0.3 is 0 Å². The minimum atomic E-state index is -0.299. The maximum absolute atomic E-state index is 12.1. The van der Waals surface area contributed by atoms with Crippen LogP contribution in [-0.4, -0.2) is 17.9 Å². The molecule has 4 nitrogen and oxygen atoms in total. The Balaban J connectivity index is 2.28.